The van der Waals surface area contributed by atoms with E-state index in [0.717, 1.165) is 33.3 Å². The number of ether oxygens (including phenoxy) is 2. The molecule has 8 heteroatoms. The van der Waals surface area contributed by atoms with E-state index in [1.807, 2.05) is 50.2 Å². The summed E-state index contributed by atoms with van der Waals surface area (Å²) in [5.74, 6) is -0.688. The Morgan fingerprint density at radius 1 is 1.03 bits per heavy atom. The van der Waals surface area contributed by atoms with Crippen molar-refractivity contribution in [1.82, 2.24) is 4.98 Å². The summed E-state index contributed by atoms with van der Waals surface area (Å²) in [6.07, 6.45) is 0.855. The molecule has 3 heterocycles. The van der Waals surface area contributed by atoms with Gasteiger partial charge in [0.2, 0.25) is 0 Å². The number of aliphatic hydroxyl groups excluding tert-OH is 1. The third-order valence-corrected chi connectivity index (χ3v) is 7.99. The Bertz CT molecular complexity index is 1640. The summed E-state index contributed by atoms with van der Waals surface area (Å²) >= 11 is 1.36. The topological polar surface area (TPSA) is 89.0 Å². The number of hydrogen-bond donors (Lipinski definition) is 1. The van der Waals surface area contributed by atoms with E-state index < -0.39 is 17.7 Å². The minimum Gasteiger partial charge on any atom is -0.507 e. The fraction of sp³-hybridized carbons (Fsp3) is 0.233. The SMILES string of the molecule is CCc1ccc(C2C(=C(O)c3ccc4c(c3)OCCO4)C(=O)C(=O)N2c2nc3c(C)cc(C)cc3s2)cc1. The molecule has 2 aliphatic rings. The van der Waals surface area contributed by atoms with Gasteiger partial charge >= 0.3 is 5.91 Å². The number of anilines is 1. The van der Waals surface area contributed by atoms with Crippen molar-refractivity contribution >= 4 is 44.1 Å². The third kappa shape index (κ3) is 3.92. The molecule has 1 saturated heterocycles. The van der Waals surface area contributed by atoms with Gasteiger partial charge in [0.05, 0.1) is 21.8 Å². The van der Waals surface area contributed by atoms with Gasteiger partial charge in [-0.3, -0.25) is 14.5 Å². The molecule has 0 spiro atoms. The molecule has 192 valence electrons. The molecule has 0 saturated carbocycles. The highest BCUT2D eigenvalue weighted by Gasteiger charge is 2.48. The second-order valence-electron chi connectivity index (χ2n) is 9.55. The first-order chi connectivity index (χ1) is 18.4. The van der Waals surface area contributed by atoms with E-state index in [4.69, 9.17) is 14.5 Å². The Kier molecular flexibility index (Phi) is 5.91. The fourth-order valence-corrected chi connectivity index (χ4v) is 6.26. The number of carbonyl (C=O) groups excluding carboxylic acids is 2. The Labute approximate surface area is 224 Å². The molecule has 1 unspecified atom stereocenters. The van der Waals surface area contributed by atoms with Crippen molar-refractivity contribution in [2.45, 2.75) is 33.2 Å². The third-order valence-electron chi connectivity index (χ3n) is 6.99. The van der Waals surface area contributed by atoms with Crippen molar-refractivity contribution < 1.29 is 24.2 Å². The maximum Gasteiger partial charge on any atom is 0.301 e. The number of aliphatic hydroxyl groups is 1. The minimum absolute atomic E-state index is 0.0167. The van der Waals surface area contributed by atoms with Gasteiger partial charge in [-0.2, -0.15) is 0 Å². The van der Waals surface area contributed by atoms with Crippen LogP contribution in [0.4, 0.5) is 5.13 Å². The summed E-state index contributed by atoms with van der Waals surface area (Å²) < 4.78 is 12.2. The van der Waals surface area contributed by atoms with Gasteiger partial charge in [-0.05, 0) is 66.8 Å². The number of hydrogen-bond acceptors (Lipinski definition) is 7. The highest BCUT2D eigenvalue weighted by atomic mass is 32.1. The van der Waals surface area contributed by atoms with Crippen molar-refractivity contribution in [3.8, 4) is 11.5 Å². The lowest BCUT2D eigenvalue weighted by Gasteiger charge is -2.23. The standard InChI is InChI=1S/C30H26N2O5S/c1-4-18-5-7-19(8-6-18)26-24(27(33)20-9-10-21-22(15-20)37-12-11-36-21)28(34)29(35)32(26)30-31-25-17(3)13-16(2)14-23(25)38-30/h5-10,13-15,26,33H,4,11-12H2,1-3H3. The van der Waals surface area contributed by atoms with Crippen LogP contribution in [0.15, 0.2) is 60.2 Å². The second-order valence-corrected chi connectivity index (χ2v) is 10.6. The van der Waals surface area contributed by atoms with Crippen LogP contribution in [0.3, 0.4) is 0 Å². The number of aryl methyl sites for hydroxylation is 3. The van der Waals surface area contributed by atoms with Crippen LogP contribution in [-0.2, 0) is 16.0 Å². The van der Waals surface area contributed by atoms with E-state index in [2.05, 4.69) is 6.92 Å². The number of amides is 1. The molecule has 1 aromatic heterocycles. The summed E-state index contributed by atoms with van der Waals surface area (Å²) in [7, 11) is 0. The smallest absolute Gasteiger partial charge is 0.301 e. The number of benzene rings is 3. The van der Waals surface area contributed by atoms with Crippen molar-refractivity contribution in [2.75, 3.05) is 18.1 Å². The number of Topliss-reactive ketones (excluding diaryl/α,β-unsaturated/α-hetero) is 1. The summed E-state index contributed by atoms with van der Waals surface area (Å²) in [6.45, 7) is 6.89. The summed E-state index contributed by atoms with van der Waals surface area (Å²) in [5.41, 5.74) is 5.12. The largest absolute Gasteiger partial charge is 0.507 e. The zero-order valence-corrected chi connectivity index (χ0v) is 22.1. The van der Waals surface area contributed by atoms with Gasteiger partial charge in [0.15, 0.2) is 16.6 Å². The van der Waals surface area contributed by atoms with Crippen LogP contribution in [-0.4, -0.2) is 35.0 Å². The molecule has 1 atom stereocenters. The number of ketones is 1. The Balaban J connectivity index is 1.54. The van der Waals surface area contributed by atoms with Crippen LogP contribution in [0, 0.1) is 13.8 Å². The normalized spacial score (nSPS) is 18.4. The number of rotatable bonds is 4. The van der Waals surface area contributed by atoms with Crippen LogP contribution >= 0.6 is 11.3 Å². The molecule has 1 fully saturated rings. The Morgan fingerprint density at radius 3 is 2.50 bits per heavy atom. The van der Waals surface area contributed by atoms with Gasteiger partial charge < -0.3 is 14.6 Å². The molecule has 0 bridgehead atoms. The highest BCUT2D eigenvalue weighted by molar-refractivity contribution is 7.22. The molecule has 0 aliphatic carbocycles. The average Bonchev–Trinajstić information content (AvgIpc) is 3.46. The Morgan fingerprint density at radius 2 is 1.76 bits per heavy atom. The van der Waals surface area contributed by atoms with E-state index in [0.29, 0.717) is 41.0 Å². The molecule has 1 amide bonds. The zero-order chi connectivity index (χ0) is 26.6. The molecule has 6 rings (SSSR count). The van der Waals surface area contributed by atoms with Gasteiger partial charge in [-0.1, -0.05) is 48.6 Å². The predicted molar refractivity (Wildman–Crippen MR) is 147 cm³/mol. The summed E-state index contributed by atoms with van der Waals surface area (Å²) in [5, 5.41) is 11.9. The minimum atomic E-state index is -0.837. The van der Waals surface area contributed by atoms with Crippen molar-refractivity contribution in [3.63, 3.8) is 0 Å². The van der Waals surface area contributed by atoms with E-state index in [9.17, 15) is 14.7 Å². The first kappa shape index (κ1) is 24.2. The summed E-state index contributed by atoms with van der Waals surface area (Å²) in [6, 6.07) is 16.0. The van der Waals surface area contributed by atoms with Gasteiger partial charge in [-0.25, -0.2) is 4.98 Å². The quantitative estimate of drug-likeness (QED) is 0.203. The monoisotopic (exact) mass is 526 g/mol. The lowest BCUT2D eigenvalue weighted by atomic mass is 9.94. The molecule has 38 heavy (non-hydrogen) atoms. The molecule has 7 nitrogen and oxygen atoms in total. The van der Waals surface area contributed by atoms with Gasteiger partial charge in [-0.15, -0.1) is 0 Å². The molecule has 4 aromatic rings. The maximum atomic E-state index is 13.6. The van der Waals surface area contributed by atoms with Crippen LogP contribution in [0.5, 0.6) is 11.5 Å². The molecular formula is C30H26N2O5S. The highest BCUT2D eigenvalue weighted by Crippen LogP contribution is 2.45. The molecule has 0 radical (unpaired) electrons. The number of aromatic nitrogens is 1. The van der Waals surface area contributed by atoms with Gasteiger partial charge in [0, 0.05) is 5.56 Å². The number of thiazole rings is 1. The van der Waals surface area contributed by atoms with E-state index in [1.165, 1.54) is 16.2 Å². The van der Waals surface area contributed by atoms with Crippen LogP contribution in [0.2, 0.25) is 0 Å². The summed E-state index contributed by atoms with van der Waals surface area (Å²) in [4.78, 5) is 33.3. The average molecular weight is 527 g/mol. The van der Waals surface area contributed by atoms with Gasteiger partial charge in [0.25, 0.3) is 5.78 Å². The second kappa shape index (κ2) is 9.29. The number of nitrogens with zero attached hydrogens (tertiary/aromatic N) is 2. The molecule has 3 aromatic carbocycles. The van der Waals surface area contributed by atoms with Gasteiger partial charge in [0.1, 0.15) is 19.0 Å². The van der Waals surface area contributed by atoms with Crippen LogP contribution in [0.1, 0.15) is 40.8 Å². The zero-order valence-electron chi connectivity index (χ0n) is 21.3. The molecular weight excluding hydrogens is 500 g/mol. The number of carbonyl (C=O) groups is 2. The lowest BCUT2D eigenvalue weighted by molar-refractivity contribution is -0.132. The van der Waals surface area contributed by atoms with Crippen molar-refractivity contribution in [3.05, 3.63) is 88.0 Å². The lowest BCUT2D eigenvalue weighted by Crippen LogP contribution is -2.29. The molecule has 2 aliphatic heterocycles. The molecule has 1 N–H and O–H groups in total. The van der Waals surface area contributed by atoms with Crippen LogP contribution < -0.4 is 14.4 Å². The first-order valence-corrected chi connectivity index (χ1v) is 13.3. The van der Waals surface area contributed by atoms with Crippen molar-refractivity contribution in [1.29, 1.82) is 0 Å². The first-order valence-electron chi connectivity index (χ1n) is 12.5. The Hall–Kier alpha value is -4.17. The van der Waals surface area contributed by atoms with E-state index >= 15 is 0 Å². The predicted octanol–water partition coefficient (Wildman–Crippen LogP) is 5.87. The van der Waals surface area contributed by atoms with E-state index in [-0.39, 0.29) is 11.3 Å². The van der Waals surface area contributed by atoms with Crippen molar-refractivity contribution in [2.24, 2.45) is 0 Å². The maximum absolute atomic E-state index is 13.6. The fourth-order valence-electron chi connectivity index (χ4n) is 5.09. The van der Waals surface area contributed by atoms with E-state index in [1.54, 1.807) is 18.2 Å². The number of fused-ring (bicyclic) bond motifs is 2. The van der Waals surface area contributed by atoms with Crippen LogP contribution in [0.25, 0.3) is 16.0 Å².